The molecule has 0 amide bonds. The van der Waals surface area contributed by atoms with E-state index in [4.69, 9.17) is 0 Å². The van der Waals surface area contributed by atoms with Crippen LogP contribution < -0.4 is 5.32 Å². The van der Waals surface area contributed by atoms with Crippen molar-refractivity contribution in [2.45, 2.75) is 19.0 Å². The number of halogens is 2. The molecule has 0 radical (unpaired) electrons. The van der Waals surface area contributed by atoms with Crippen molar-refractivity contribution in [3.63, 3.8) is 0 Å². The highest BCUT2D eigenvalue weighted by Crippen LogP contribution is 2.08. The van der Waals surface area contributed by atoms with E-state index in [9.17, 15) is 13.9 Å². The number of nitrogens with one attached hydrogen (secondary N) is 1. The average molecular weight is 199 g/mol. The summed E-state index contributed by atoms with van der Waals surface area (Å²) in [7, 11) is 0. The Morgan fingerprint density at radius 3 is 2.58 bits per heavy atom. The molecule has 2 nitrogen and oxygen atoms in total. The summed E-state index contributed by atoms with van der Waals surface area (Å²) in [5.41, 5.74) is -0.895. The van der Waals surface area contributed by atoms with Crippen molar-refractivity contribution in [1.29, 1.82) is 0 Å². The van der Waals surface area contributed by atoms with E-state index in [0.29, 0.717) is 5.75 Å². The standard InChI is InChI=1S/C7H15F2NOS/c1-7(11,5-12-2)4-10-3-6(8)9/h6,10-11H,3-5H2,1-2H3. The molecule has 2 N–H and O–H groups in total. The van der Waals surface area contributed by atoms with Crippen molar-refractivity contribution in [2.24, 2.45) is 0 Å². The lowest BCUT2D eigenvalue weighted by Crippen LogP contribution is -2.41. The molecule has 74 valence electrons. The number of aliphatic hydroxyl groups is 1. The predicted molar refractivity (Wildman–Crippen MR) is 47.9 cm³/mol. The minimum absolute atomic E-state index is 0.207. The number of rotatable bonds is 6. The fourth-order valence-electron chi connectivity index (χ4n) is 0.813. The third-order valence-electron chi connectivity index (χ3n) is 1.26. The van der Waals surface area contributed by atoms with Crippen LogP contribution in [0, 0.1) is 0 Å². The van der Waals surface area contributed by atoms with Gasteiger partial charge < -0.3 is 10.4 Å². The molecule has 12 heavy (non-hydrogen) atoms. The molecule has 0 aliphatic heterocycles. The molecule has 0 saturated carbocycles. The zero-order valence-corrected chi connectivity index (χ0v) is 8.13. The van der Waals surface area contributed by atoms with Crippen LogP contribution >= 0.6 is 11.8 Å². The Morgan fingerprint density at radius 2 is 2.17 bits per heavy atom. The lowest BCUT2D eigenvalue weighted by Gasteiger charge is -2.22. The summed E-state index contributed by atoms with van der Waals surface area (Å²) in [6.07, 6.45) is -0.489. The molecular weight excluding hydrogens is 184 g/mol. The van der Waals surface area contributed by atoms with Crippen molar-refractivity contribution >= 4 is 11.8 Å². The lowest BCUT2D eigenvalue weighted by molar-refractivity contribution is 0.0752. The highest BCUT2D eigenvalue weighted by molar-refractivity contribution is 7.98. The van der Waals surface area contributed by atoms with Crippen molar-refractivity contribution in [3.05, 3.63) is 0 Å². The normalized spacial score (nSPS) is 16.5. The van der Waals surface area contributed by atoms with Crippen molar-refractivity contribution in [2.75, 3.05) is 25.1 Å². The van der Waals surface area contributed by atoms with Gasteiger partial charge in [0.15, 0.2) is 0 Å². The van der Waals surface area contributed by atoms with Crippen LogP contribution in [0.5, 0.6) is 0 Å². The van der Waals surface area contributed by atoms with E-state index in [-0.39, 0.29) is 13.1 Å². The summed E-state index contributed by atoms with van der Waals surface area (Å²) in [6.45, 7) is 1.48. The van der Waals surface area contributed by atoms with Gasteiger partial charge in [0.1, 0.15) is 0 Å². The van der Waals surface area contributed by atoms with Crippen LogP contribution in [0.25, 0.3) is 0 Å². The molecule has 0 aliphatic rings. The molecule has 0 aliphatic carbocycles. The maximum Gasteiger partial charge on any atom is 0.250 e. The van der Waals surface area contributed by atoms with Gasteiger partial charge in [-0.2, -0.15) is 11.8 Å². The van der Waals surface area contributed by atoms with E-state index in [1.54, 1.807) is 6.92 Å². The summed E-state index contributed by atoms with van der Waals surface area (Å²) in [5.74, 6) is 0.545. The molecule has 5 heteroatoms. The highest BCUT2D eigenvalue weighted by Gasteiger charge is 2.19. The fraction of sp³-hybridized carbons (Fsp3) is 1.00. The summed E-state index contributed by atoms with van der Waals surface area (Å²) in [6, 6.07) is 0. The Bertz CT molecular complexity index is 122. The summed E-state index contributed by atoms with van der Waals surface area (Å²) >= 11 is 1.49. The van der Waals surface area contributed by atoms with Gasteiger partial charge in [0.25, 0.3) is 6.43 Å². The van der Waals surface area contributed by atoms with Crippen LogP contribution in [-0.4, -0.2) is 42.2 Å². The van der Waals surface area contributed by atoms with Crippen LogP contribution in [0.3, 0.4) is 0 Å². The topological polar surface area (TPSA) is 32.3 Å². The van der Waals surface area contributed by atoms with Gasteiger partial charge >= 0.3 is 0 Å². The molecule has 0 rings (SSSR count). The van der Waals surface area contributed by atoms with Crippen LogP contribution in [-0.2, 0) is 0 Å². The quantitative estimate of drug-likeness (QED) is 0.668. The Balaban J connectivity index is 3.46. The van der Waals surface area contributed by atoms with Crippen molar-refractivity contribution in [1.82, 2.24) is 5.32 Å². The summed E-state index contributed by atoms with van der Waals surface area (Å²) in [4.78, 5) is 0. The molecule has 1 atom stereocenters. The SMILES string of the molecule is CSCC(C)(O)CNCC(F)F. The van der Waals surface area contributed by atoms with Gasteiger partial charge in [-0.25, -0.2) is 8.78 Å². The Morgan fingerprint density at radius 1 is 1.58 bits per heavy atom. The van der Waals surface area contributed by atoms with E-state index < -0.39 is 12.0 Å². The first kappa shape index (κ1) is 12.1. The molecule has 0 aromatic carbocycles. The van der Waals surface area contributed by atoms with E-state index >= 15 is 0 Å². The molecule has 0 saturated heterocycles. The summed E-state index contributed by atoms with van der Waals surface area (Å²) in [5, 5.41) is 12.0. The first-order valence-electron chi connectivity index (χ1n) is 3.68. The number of alkyl halides is 2. The van der Waals surface area contributed by atoms with E-state index in [0.717, 1.165) is 0 Å². The smallest absolute Gasteiger partial charge is 0.250 e. The maximum absolute atomic E-state index is 11.6. The minimum Gasteiger partial charge on any atom is -0.388 e. The molecule has 0 aromatic rings. The number of hydrogen-bond donors (Lipinski definition) is 2. The molecular formula is C7H15F2NOS. The van der Waals surface area contributed by atoms with Crippen LogP contribution in [0.15, 0.2) is 0 Å². The second kappa shape index (κ2) is 5.72. The van der Waals surface area contributed by atoms with Gasteiger partial charge in [0, 0.05) is 12.3 Å². The van der Waals surface area contributed by atoms with Crippen LogP contribution in [0.1, 0.15) is 6.92 Å². The van der Waals surface area contributed by atoms with E-state index in [1.807, 2.05) is 6.26 Å². The van der Waals surface area contributed by atoms with Gasteiger partial charge in [-0.1, -0.05) is 0 Å². The molecule has 0 aromatic heterocycles. The maximum atomic E-state index is 11.6. The van der Waals surface area contributed by atoms with E-state index in [2.05, 4.69) is 5.32 Å². The zero-order chi connectivity index (χ0) is 9.61. The Hall–Kier alpha value is 0.130. The molecule has 0 heterocycles. The lowest BCUT2D eigenvalue weighted by atomic mass is 10.1. The van der Waals surface area contributed by atoms with Gasteiger partial charge in [-0.15, -0.1) is 0 Å². The van der Waals surface area contributed by atoms with Gasteiger partial charge in [0.2, 0.25) is 0 Å². The fourth-order valence-corrected chi connectivity index (χ4v) is 1.54. The second-order valence-electron chi connectivity index (χ2n) is 2.95. The largest absolute Gasteiger partial charge is 0.388 e. The molecule has 0 bridgehead atoms. The van der Waals surface area contributed by atoms with Crippen LogP contribution in [0.4, 0.5) is 8.78 Å². The number of thioether (sulfide) groups is 1. The molecule has 1 unspecified atom stereocenters. The summed E-state index contributed by atoms with van der Waals surface area (Å²) < 4.78 is 23.3. The first-order chi connectivity index (χ1) is 5.48. The third kappa shape index (κ3) is 6.82. The molecule has 0 spiro atoms. The number of hydrogen-bond acceptors (Lipinski definition) is 3. The third-order valence-corrected chi connectivity index (χ3v) is 2.17. The molecule has 0 fully saturated rings. The Labute approximate surface area is 75.7 Å². The zero-order valence-electron chi connectivity index (χ0n) is 7.31. The van der Waals surface area contributed by atoms with E-state index in [1.165, 1.54) is 11.8 Å². The minimum atomic E-state index is -2.35. The van der Waals surface area contributed by atoms with Crippen molar-refractivity contribution in [3.8, 4) is 0 Å². The van der Waals surface area contributed by atoms with Gasteiger partial charge in [-0.05, 0) is 13.2 Å². The Kier molecular flexibility index (Phi) is 5.78. The van der Waals surface area contributed by atoms with Gasteiger partial charge in [-0.3, -0.25) is 0 Å². The highest BCUT2D eigenvalue weighted by atomic mass is 32.2. The average Bonchev–Trinajstić information content (AvgIpc) is 1.85. The first-order valence-corrected chi connectivity index (χ1v) is 5.07. The van der Waals surface area contributed by atoms with Crippen molar-refractivity contribution < 1.29 is 13.9 Å². The van der Waals surface area contributed by atoms with Crippen LogP contribution in [0.2, 0.25) is 0 Å². The second-order valence-corrected chi connectivity index (χ2v) is 3.82. The van der Waals surface area contributed by atoms with Gasteiger partial charge in [0.05, 0.1) is 12.1 Å². The predicted octanol–water partition coefficient (Wildman–Crippen LogP) is 0.955. The monoisotopic (exact) mass is 199 g/mol.